The molecule has 31 heavy (non-hydrogen) atoms. The smallest absolute Gasteiger partial charge is 0.225 e. The number of hydrogen-bond acceptors (Lipinski definition) is 4. The van der Waals surface area contributed by atoms with Crippen molar-refractivity contribution in [3.8, 4) is 5.75 Å². The van der Waals surface area contributed by atoms with Gasteiger partial charge in [-0.3, -0.25) is 14.5 Å². The van der Waals surface area contributed by atoms with Crippen molar-refractivity contribution in [1.82, 2.24) is 15.1 Å². The Morgan fingerprint density at radius 3 is 2.39 bits per heavy atom. The molecule has 1 N–H and O–H groups in total. The average Bonchev–Trinajstić information content (AvgIpc) is 3.00. The van der Waals surface area contributed by atoms with Crippen LogP contribution in [0.3, 0.4) is 0 Å². The Kier molecular flexibility index (Phi) is 8.00. The normalized spacial score (nSPS) is 15.8. The van der Waals surface area contributed by atoms with E-state index < -0.39 is 0 Å². The molecule has 0 aromatic heterocycles. The largest absolute Gasteiger partial charge is 0.497 e. The number of amides is 2. The van der Waals surface area contributed by atoms with Crippen molar-refractivity contribution in [2.45, 2.75) is 32.4 Å². The Morgan fingerprint density at radius 2 is 1.74 bits per heavy atom. The van der Waals surface area contributed by atoms with Crippen molar-refractivity contribution < 1.29 is 18.7 Å². The maximum absolute atomic E-state index is 13.1. The number of carbonyl (C=O) groups excluding carboxylic acids is 2. The molecule has 0 spiro atoms. The third-order valence-electron chi connectivity index (χ3n) is 5.54. The summed E-state index contributed by atoms with van der Waals surface area (Å²) >= 11 is 0. The molecular formula is C24H30FN3O3. The van der Waals surface area contributed by atoms with Crippen LogP contribution in [0, 0.1) is 5.82 Å². The second-order valence-corrected chi connectivity index (χ2v) is 7.87. The molecule has 7 heteroatoms. The highest BCUT2D eigenvalue weighted by Gasteiger charge is 2.23. The van der Waals surface area contributed by atoms with Gasteiger partial charge in [-0.05, 0) is 41.8 Å². The minimum Gasteiger partial charge on any atom is -0.497 e. The molecule has 0 radical (unpaired) electrons. The van der Waals surface area contributed by atoms with Gasteiger partial charge in [-0.1, -0.05) is 24.3 Å². The molecule has 1 aliphatic heterocycles. The first-order valence-corrected chi connectivity index (χ1v) is 10.6. The second-order valence-electron chi connectivity index (χ2n) is 7.87. The zero-order chi connectivity index (χ0) is 22.2. The molecule has 1 aliphatic rings. The highest BCUT2D eigenvalue weighted by atomic mass is 19.1. The maximum atomic E-state index is 13.1. The number of nitrogens with one attached hydrogen (secondary N) is 1. The Bertz CT molecular complexity index is 871. The van der Waals surface area contributed by atoms with E-state index in [9.17, 15) is 14.0 Å². The summed E-state index contributed by atoms with van der Waals surface area (Å²) in [5.41, 5.74) is 1.93. The second kappa shape index (κ2) is 10.9. The monoisotopic (exact) mass is 427 g/mol. The fraction of sp³-hybridized carbons (Fsp3) is 0.417. The van der Waals surface area contributed by atoms with Gasteiger partial charge in [0.25, 0.3) is 0 Å². The van der Waals surface area contributed by atoms with Crippen LogP contribution in [0.2, 0.25) is 0 Å². The lowest BCUT2D eigenvalue weighted by Gasteiger charge is -2.25. The molecule has 1 unspecified atom stereocenters. The van der Waals surface area contributed by atoms with Crippen LogP contribution in [-0.2, 0) is 16.1 Å². The van der Waals surface area contributed by atoms with Crippen LogP contribution in [0.1, 0.15) is 36.9 Å². The summed E-state index contributed by atoms with van der Waals surface area (Å²) in [6.45, 7) is 5.16. The van der Waals surface area contributed by atoms with Crippen molar-refractivity contribution in [2.24, 2.45) is 0 Å². The summed E-state index contributed by atoms with van der Waals surface area (Å²) in [4.78, 5) is 28.9. The van der Waals surface area contributed by atoms with Crippen molar-refractivity contribution in [3.63, 3.8) is 0 Å². The quantitative estimate of drug-likeness (QED) is 0.738. The number of halogens is 1. The standard InChI is InChI=1S/C24H30FN3O3/c1-18(29)26-23(20-6-10-22(31-2)11-7-20)16-24(30)28-13-3-12-27(14-15-28)17-19-4-8-21(25)9-5-19/h4-11,23H,3,12-17H2,1-2H3,(H,26,29). The van der Waals surface area contributed by atoms with Crippen molar-refractivity contribution in [3.05, 3.63) is 65.5 Å². The number of nitrogens with zero attached hydrogens (tertiary/aromatic N) is 2. The summed E-state index contributed by atoms with van der Waals surface area (Å²) in [7, 11) is 1.60. The van der Waals surface area contributed by atoms with E-state index in [4.69, 9.17) is 4.74 Å². The van der Waals surface area contributed by atoms with Crippen molar-refractivity contribution in [1.29, 1.82) is 0 Å². The third kappa shape index (κ3) is 6.79. The van der Waals surface area contributed by atoms with E-state index in [2.05, 4.69) is 10.2 Å². The molecule has 2 amide bonds. The van der Waals surface area contributed by atoms with Crippen molar-refractivity contribution in [2.75, 3.05) is 33.3 Å². The van der Waals surface area contributed by atoms with Crippen molar-refractivity contribution >= 4 is 11.8 Å². The van der Waals surface area contributed by atoms with E-state index in [1.807, 2.05) is 29.2 Å². The van der Waals surface area contributed by atoms with E-state index in [1.54, 1.807) is 19.2 Å². The number of carbonyl (C=O) groups is 2. The number of ether oxygens (including phenoxy) is 1. The molecule has 0 saturated carbocycles. The van der Waals surface area contributed by atoms with Gasteiger partial charge < -0.3 is 15.0 Å². The topological polar surface area (TPSA) is 61.9 Å². The fourth-order valence-corrected chi connectivity index (χ4v) is 3.86. The molecule has 1 fully saturated rings. The van der Waals surface area contributed by atoms with Crippen LogP contribution in [-0.4, -0.2) is 54.9 Å². The van der Waals surface area contributed by atoms with Gasteiger partial charge in [0.2, 0.25) is 11.8 Å². The minimum atomic E-state index is -0.380. The molecule has 0 aliphatic carbocycles. The Balaban J connectivity index is 1.59. The summed E-state index contributed by atoms with van der Waals surface area (Å²) in [6, 6.07) is 13.6. The lowest BCUT2D eigenvalue weighted by Crippen LogP contribution is -2.38. The number of benzene rings is 2. The highest BCUT2D eigenvalue weighted by molar-refractivity contribution is 5.79. The first kappa shape index (κ1) is 22.7. The van der Waals surface area contributed by atoms with Gasteiger partial charge in [0.05, 0.1) is 19.6 Å². The minimum absolute atomic E-state index is 0.0261. The summed E-state index contributed by atoms with van der Waals surface area (Å²) in [6.07, 6.45) is 1.09. The Morgan fingerprint density at radius 1 is 1.03 bits per heavy atom. The number of methoxy groups -OCH3 is 1. The van der Waals surface area contributed by atoms with Crippen LogP contribution in [0.25, 0.3) is 0 Å². The Labute approximate surface area is 183 Å². The first-order chi connectivity index (χ1) is 14.9. The van der Waals surface area contributed by atoms with Crippen LogP contribution in [0.5, 0.6) is 5.75 Å². The van der Waals surface area contributed by atoms with Gasteiger partial charge in [-0.2, -0.15) is 0 Å². The van der Waals surface area contributed by atoms with Crippen LogP contribution < -0.4 is 10.1 Å². The van der Waals surface area contributed by atoms with Crippen LogP contribution in [0.4, 0.5) is 4.39 Å². The lowest BCUT2D eigenvalue weighted by molar-refractivity contribution is -0.132. The zero-order valence-corrected chi connectivity index (χ0v) is 18.1. The van der Waals surface area contributed by atoms with E-state index >= 15 is 0 Å². The lowest BCUT2D eigenvalue weighted by atomic mass is 10.0. The van der Waals surface area contributed by atoms with Gasteiger partial charge in [0.15, 0.2) is 0 Å². The number of hydrogen-bond donors (Lipinski definition) is 1. The fourth-order valence-electron chi connectivity index (χ4n) is 3.86. The van der Waals surface area contributed by atoms with E-state index in [0.717, 1.165) is 42.9 Å². The van der Waals surface area contributed by atoms with Gasteiger partial charge in [-0.15, -0.1) is 0 Å². The molecule has 1 heterocycles. The summed E-state index contributed by atoms with van der Waals surface area (Å²) < 4.78 is 18.3. The molecule has 2 aromatic carbocycles. The third-order valence-corrected chi connectivity index (χ3v) is 5.54. The van der Waals surface area contributed by atoms with Gasteiger partial charge in [-0.25, -0.2) is 4.39 Å². The zero-order valence-electron chi connectivity index (χ0n) is 18.1. The Hall–Kier alpha value is -2.93. The summed E-state index contributed by atoms with van der Waals surface area (Å²) in [5, 5.41) is 2.90. The molecule has 3 rings (SSSR count). The molecular weight excluding hydrogens is 397 g/mol. The molecule has 0 bridgehead atoms. The average molecular weight is 428 g/mol. The highest BCUT2D eigenvalue weighted by Crippen LogP contribution is 2.22. The molecule has 1 saturated heterocycles. The number of rotatable bonds is 7. The molecule has 166 valence electrons. The van der Waals surface area contributed by atoms with Gasteiger partial charge in [0.1, 0.15) is 11.6 Å². The van der Waals surface area contributed by atoms with E-state index in [-0.39, 0.29) is 30.1 Å². The summed E-state index contributed by atoms with van der Waals surface area (Å²) in [5.74, 6) is 0.348. The SMILES string of the molecule is COc1ccc(C(CC(=O)N2CCCN(Cc3ccc(F)cc3)CC2)NC(C)=O)cc1. The first-order valence-electron chi connectivity index (χ1n) is 10.6. The van der Waals surface area contributed by atoms with Crippen LogP contribution in [0.15, 0.2) is 48.5 Å². The van der Waals surface area contributed by atoms with Crippen LogP contribution >= 0.6 is 0 Å². The maximum Gasteiger partial charge on any atom is 0.225 e. The molecule has 1 atom stereocenters. The van der Waals surface area contributed by atoms with E-state index in [0.29, 0.717) is 13.1 Å². The van der Waals surface area contributed by atoms with E-state index in [1.165, 1.54) is 19.1 Å². The predicted molar refractivity (Wildman–Crippen MR) is 117 cm³/mol. The van der Waals surface area contributed by atoms with Gasteiger partial charge >= 0.3 is 0 Å². The molecule has 2 aromatic rings. The van der Waals surface area contributed by atoms with Gasteiger partial charge in [0, 0.05) is 39.6 Å². The molecule has 6 nitrogen and oxygen atoms in total. The predicted octanol–water partition coefficient (Wildman–Crippen LogP) is 3.14.